The summed E-state index contributed by atoms with van der Waals surface area (Å²) < 4.78 is 16.5. The van der Waals surface area contributed by atoms with E-state index in [0.29, 0.717) is 6.61 Å². The fourth-order valence-electron chi connectivity index (χ4n) is 3.14. The molecule has 1 aliphatic rings. The Kier molecular flexibility index (Phi) is 10.6. The molecular formula is C22H36N2O4. The molecule has 0 bridgehead atoms. The first-order valence-electron chi connectivity index (χ1n) is 10.7. The predicted octanol–water partition coefficient (Wildman–Crippen LogP) is 4.19. The average molecular weight is 393 g/mol. The highest BCUT2D eigenvalue weighted by atomic mass is 16.6. The van der Waals surface area contributed by atoms with Crippen LogP contribution in [0.2, 0.25) is 0 Å². The Morgan fingerprint density at radius 3 is 2.04 bits per heavy atom. The maximum Gasteiger partial charge on any atom is 0.409 e. The van der Waals surface area contributed by atoms with Gasteiger partial charge in [-0.3, -0.25) is 4.90 Å². The van der Waals surface area contributed by atoms with Crippen LogP contribution in [0.15, 0.2) is 24.3 Å². The number of carbonyl (C=O) groups excluding carboxylic acids is 1. The van der Waals surface area contributed by atoms with Crippen molar-refractivity contribution in [3.63, 3.8) is 0 Å². The molecule has 2 rings (SSSR count). The van der Waals surface area contributed by atoms with Gasteiger partial charge in [-0.05, 0) is 63.4 Å². The third kappa shape index (κ3) is 8.38. The summed E-state index contributed by atoms with van der Waals surface area (Å²) in [7, 11) is 0. The molecule has 0 radical (unpaired) electrons. The van der Waals surface area contributed by atoms with Gasteiger partial charge < -0.3 is 19.1 Å². The standard InChI is InChI=1S/C22H36N2O4/c1-3-5-18-27-20-9-11-21(12-10-20)28-19-8-6-7-13-23-14-16-24(17-15-23)22(25)26-4-2/h9-12H,3-8,13-19H2,1-2H3. The lowest BCUT2D eigenvalue weighted by atomic mass is 10.2. The van der Waals surface area contributed by atoms with Gasteiger partial charge in [-0.2, -0.15) is 0 Å². The molecule has 1 aliphatic heterocycles. The fraction of sp³-hybridized carbons (Fsp3) is 0.682. The van der Waals surface area contributed by atoms with Gasteiger partial charge in [-0.15, -0.1) is 0 Å². The first-order valence-corrected chi connectivity index (χ1v) is 10.7. The van der Waals surface area contributed by atoms with Crippen LogP contribution in [0.4, 0.5) is 4.79 Å². The van der Waals surface area contributed by atoms with Crippen LogP contribution in [-0.2, 0) is 4.74 Å². The van der Waals surface area contributed by atoms with Gasteiger partial charge in [0.1, 0.15) is 11.5 Å². The molecule has 0 atom stereocenters. The lowest BCUT2D eigenvalue weighted by Crippen LogP contribution is -2.49. The summed E-state index contributed by atoms with van der Waals surface area (Å²) in [5, 5.41) is 0. The minimum atomic E-state index is -0.181. The van der Waals surface area contributed by atoms with E-state index in [-0.39, 0.29) is 6.09 Å². The van der Waals surface area contributed by atoms with Crippen molar-refractivity contribution in [3.8, 4) is 11.5 Å². The molecule has 0 aromatic heterocycles. The number of carbonyl (C=O) groups is 1. The van der Waals surface area contributed by atoms with Crippen LogP contribution < -0.4 is 9.47 Å². The molecule has 0 aliphatic carbocycles. The molecular weight excluding hydrogens is 356 g/mol. The van der Waals surface area contributed by atoms with Gasteiger partial charge in [0.05, 0.1) is 19.8 Å². The van der Waals surface area contributed by atoms with Gasteiger partial charge in [0.2, 0.25) is 0 Å². The lowest BCUT2D eigenvalue weighted by molar-refractivity contribution is 0.0791. The second kappa shape index (κ2) is 13.3. The Balaban J connectivity index is 1.49. The Labute approximate surface area is 169 Å². The zero-order chi connectivity index (χ0) is 20.0. The van der Waals surface area contributed by atoms with Gasteiger partial charge in [-0.25, -0.2) is 4.79 Å². The van der Waals surface area contributed by atoms with Crippen molar-refractivity contribution in [1.29, 1.82) is 0 Å². The summed E-state index contributed by atoms with van der Waals surface area (Å²) in [6.45, 7) is 10.4. The zero-order valence-corrected chi connectivity index (χ0v) is 17.5. The molecule has 0 N–H and O–H groups in total. The summed E-state index contributed by atoms with van der Waals surface area (Å²) in [5.74, 6) is 1.81. The number of hydrogen-bond donors (Lipinski definition) is 0. The molecule has 28 heavy (non-hydrogen) atoms. The highest BCUT2D eigenvalue weighted by Crippen LogP contribution is 2.18. The quantitative estimate of drug-likeness (QED) is 0.499. The second-order valence-electron chi connectivity index (χ2n) is 7.11. The second-order valence-corrected chi connectivity index (χ2v) is 7.11. The maximum atomic E-state index is 11.7. The largest absolute Gasteiger partial charge is 0.494 e. The van der Waals surface area contributed by atoms with Crippen molar-refractivity contribution >= 4 is 6.09 Å². The molecule has 1 aromatic carbocycles. The first-order chi connectivity index (χ1) is 13.7. The molecule has 6 heteroatoms. The smallest absolute Gasteiger partial charge is 0.409 e. The van der Waals surface area contributed by atoms with Crippen molar-refractivity contribution in [2.45, 2.75) is 46.0 Å². The van der Waals surface area contributed by atoms with E-state index in [0.717, 1.165) is 89.5 Å². The zero-order valence-electron chi connectivity index (χ0n) is 17.5. The van der Waals surface area contributed by atoms with Gasteiger partial charge in [0.15, 0.2) is 0 Å². The molecule has 0 saturated carbocycles. The van der Waals surface area contributed by atoms with E-state index in [1.54, 1.807) is 4.90 Å². The number of ether oxygens (including phenoxy) is 3. The molecule has 1 heterocycles. The van der Waals surface area contributed by atoms with E-state index in [4.69, 9.17) is 14.2 Å². The Morgan fingerprint density at radius 2 is 1.46 bits per heavy atom. The molecule has 6 nitrogen and oxygen atoms in total. The van der Waals surface area contributed by atoms with Crippen LogP contribution in [0.1, 0.15) is 46.0 Å². The molecule has 158 valence electrons. The molecule has 1 amide bonds. The van der Waals surface area contributed by atoms with E-state index in [9.17, 15) is 4.79 Å². The van der Waals surface area contributed by atoms with Crippen molar-refractivity contribution in [1.82, 2.24) is 9.80 Å². The lowest BCUT2D eigenvalue weighted by Gasteiger charge is -2.34. The predicted molar refractivity (Wildman–Crippen MR) is 111 cm³/mol. The Bertz CT molecular complexity index is 542. The van der Waals surface area contributed by atoms with E-state index in [1.165, 1.54) is 0 Å². The van der Waals surface area contributed by atoms with E-state index >= 15 is 0 Å². The number of amides is 1. The van der Waals surface area contributed by atoms with Crippen LogP contribution in [0.25, 0.3) is 0 Å². The van der Waals surface area contributed by atoms with Gasteiger partial charge in [0.25, 0.3) is 0 Å². The third-order valence-electron chi connectivity index (χ3n) is 4.88. The highest BCUT2D eigenvalue weighted by molar-refractivity contribution is 5.67. The van der Waals surface area contributed by atoms with Crippen molar-refractivity contribution < 1.29 is 19.0 Å². The number of piperazine rings is 1. The monoisotopic (exact) mass is 392 g/mol. The minimum Gasteiger partial charge on any atom is -0.494 e. The average Bonchev–Trinajstić information content (AvgIpc) is 2.72. The molecule has 1 aromatic rings. The number of benzene rings is 1. The molecule has 0 unspecified atom stereocenters. The number of unbranched alkanes of at least 4 members (excludes halogenated alkanes) is 3. The van der Waals surface area contributed by atoms with E-state index < -0.39 is 0 Å². The molecule has 1 saturated heterocycles. The topological polar surface area (TPSA) is 51.2 Å². The summed E-state index contributed by atoms with van der Waals surface area (Å²) in [6, 6.07) is 7.90. The van der Waals surface area contributed by atoms with E-state index in [2.05, 4.69) is 11.8 Å². The third-order valence-corrected chi connectivity index (χ3v) is 4.88. The number of hydrogen-bond acceptors (Lipinski definition) is 5. The van der Waals surface area contributed by atoms with Gasteiger partial charge in [0, 0.05) is 26.2 Å². The number of rotatable bonds is 12. The van der Waals surface area contributed by atoms with Crippen molar-refractivity contribution in [3.05, 3.63) is 24.3 Å². The summed E-state index contributed by atoms with van der Waals surface area (Å²) >= 11 is 0. The summed E-state index contributed by atoms with van der Waals surface area (Å²) in [4.78, 5) is 15.9. The van der Waals surface area contributed by atoms with Crippen LogP contribution in [-0.4, -0.2) is 68.4 Å². The minimum absolute atomic E-state index is 0.181. The Hall–Kier alpha value is -1.95. The van der Waals surface area contributed by atoms with Crippen molar-refractivity contribution in [2.24, 2.45) is 0 Å². The molecule has 0 spiro atoms. The van der Waals surface area contributed by atoms with Crippen LogP contribution >= 0.6 is 0 Å². The first kappa shape index (κ1) is 22.3. The van der Waals surface area contributed by atoms with Crippen LogP contribution in [0, 0.1) is 0 Å². The maximum absolute atomic E-state index is 11.7. The van der Waals surface area contributed by atoms with Gasteiger partial charge in [-0.1, -0.05) is 13.3 Å². The summed E-state index contributed by atoms with van der Waals surface area (Å²) in [6.07, 6.45) is 5.41. The normalized spacial score (nSPS) is 14.7. The summed E-state index contributed by atoms with van der Waals surface area (Å²) in [5.41, 5.74) is 0. The highest BCUT2D eigenvalue weighted by Gasteiger charge is 2.21. The van der Waals surface area contributed by atoms with Crippen molar-refractivity contribution in [2.75, 3.05) is 52.5 Å². The van der Waals surface area contributed by atoms with Crippen LogP contribution in [0.5, 0.6) is 11.5 Å². The SMILES string of the molecule is CCCCOc1ccc(OCCCCCN2CCN(C(=O)OCC)CC2)cc1. The Morgan fingerprint density at radius 1 is 0.857 bits per heavy atom. The van der Waals surface area contributed by atoms with E-state index in [1.807, 2.05) is 31.2 Å². The van der Waals surface area contributed by atoms with Gasteiger partial charge >= 0.3 is 6.09 Å². The van der Waals surface area contributed by atoms with Crippen LogP contribution in [0.3, 0.4) is 0 Å². The number of nitrogens with zero attached hydrogens (tertiary/aromatic N) is 2. The fourth-order valence-corrected chi connectivity index (χ4v) is 3.14. The molecule has 1 fully saturated rings.